The van der Waals surface area contributed by atoms with Gasteiger partial charge in [-0.15, -0.1) is 6.58 Å². The zero-order valence-corrected chi connectivity index (χ0v) is 29.9. The molecule has 256 valence electrons. The predicted molar refractivity (Wildman–Crippen MR) is 197 cm³/mol. The maximum absolute atomic E-state index is 13.4. The quantitative estimate of drug-likeness (QED) is 0.0681. The number of allylic oxidation sites excluding steroid dienone is 1. The van der Waals surface area contributed by atoms with Crippen molar-refractivity contribution in [1.82, 2.24) is 10.7 Å². The maximum atomic E-state index is 13.4. The van der Waals surface area contributed by atoms with Crippen molar-refractivity contribution in [3.63, 3.8) is 0 Å². The molecule has 0 saturated heterocycles. The lowest BCUT2D eigenvalue weighted by Crippen LogP contribution is -2.50. The first-order valence-electron chi connectivity index (χ1n) is 15.3. The van der Waals surface area contributed by atoms with E-state index >= 15 is 0 Å². The smallest absolute Gasteiger partial charge is 0.262 e. The predicted octanol–water partition coefficient (Wildman–Crippen LogP) is 8.65. The summed E-state index contributed by atoms with van der Waals surface area (Å²) in [6, 6.07) is 21.9. The van der Waals surface area contributed by atoms with Gasteiger partial charge >= 0.3 is 0 Å². The Morgan fingerprint density at radius 3 is 2.24 bits per heavy atom. The molecule has 0 spiro atoms. The first kappa shape index (κ1) is 37.6. The lowest BCUT2D eigenvalue weighted by Gasteiger charge is -2.21. The Balaban J connectivity index is 1.50. The molecule has 0 aliphatic carbocycles. The van der Waals surface area contributed by atoms with E-state index in [2.05, 4.69) is 22.4 Å². The number of ether oxygens (including phenoxy) is 3. The van der Waals surface area contributed by atoms with E-state index in [1.807, 2.05) is 43.3 Å². The van der Waals surface area contributed by atoms with Gasteiger partial charge < -0.3 is 19.5 Å². The molecule has 4 aromatic carbocycles. The first-order chi connectivity index (χ1) is 23.6. The molecule has 8 nitrogen and oxygen atoms in total. The molecule has 0 saturated carbocycles. The topological polar surface area (TPSA) is 98.3 Å². The molecule has 0 bridgehead atoms. The molecule has 0 aliphatic rings. The van der Waals surface area contributed by atoms with Crippen LogP contribution >= 0.6 is 46.4 Å². The highest BCUT2D eigenvalue weighted by Crippen LogP contribution is 2.35. The zero-order valence-electron chi connectivity index (χ0n) is 26.9. The van der Waals surface area contributed by atoms with Crippen molar-refractivity contribution < 1.29 is 23.8 Å². The van der Waals surface area contributed by atoms with Gasteiger partial charge in [-0.05, 0) is 73.9 Å². The van der Waals surface area contributed by atoms with Gasteiger partial charge in [0.25, 0.3) is 11.8 Å². The minimum atomic E-state index is -0.968. The highest BCUT2D eigenvalue weighted by Gasteiger charge is 2.25. The summed E-state index contributed by atoms with van der Waals surface area (Å²) in [5.74, 6) is 0.271. The maximum Gasteiger partial charge on any atom is 0.262 e. The van der Waals surface area contributed by atoms with Crippen LogP contribution in [0.5, 0.6) is 17.2 Å². The monoisotopic (exact) mass is 741 g/mol. The fraction of sp³-hybridized carbons (Fsp3) is 0.216. The Kier molecular flexibility index (Phi) is 14.2. The van der Waals surface area contributed by atoms with Crippen molar-refractivity contribution in [3.05, 3.63) is 134 Å². The summed E-state index contributed by atoms with van der Waals surface area (Å²) in [5.41, 5.74) is 5.60. The number of amides is 2. The molecule has 2 atom stereocenters. The van der Waals surface area contributed by atoms with Gasteiger partial charge in [-0.1, -0.05) is 88.9 Å². The molecule has 4 aromatic rings. The number of nitrogens with one attached hydrogen (secondary N) is 2. The molecule has 0 fully saturated rings. The lowest BCUT2D eigenvalue weighted by atomic mass is 10.1. The van der Waals surface area contributed by atoms with Gasteiger partial charge in [0.1, 0.15) is 18.4 Å². The Morgan fingerprint density at radius 2 is 1.57 bits per heavy atom. The van der Waals surface area contributed by atoms with E-state index in [9.17, 15) is 9.59 Å². The number of hydrogen-bond acceptors (Lipinski definition) is 6. The Labute approximate surface area is 305 Å². The molecule has 0 radical (unpaired) electrons. The second kappa shape index (κ2) is 18.5. The van der Waals surface area contributed by atoms with E-state index in [0.29, 0.717) is 45.2 Å². The van der Waals surface area contributed by atoms with Gasteiger partial charge in [0, 0.05) is 32.6 Å². The molecule has 0 aliphatic heterocycles. The van der Waals surface area contributed by atoms with Crippen LogP contribution in [0.15, 0.2) is 96.6 Å². The minimum absolute atomic E-state index is 0.189. The standard InChI is InChI=1S/C37H35Cl4N3O5/c1-4-9-26-16-25(18-34(47-5-2)35(26)48-22-27-12-13-28(38)19-30(27)40)21-42-44-37(46)32(17-24-10-7-6-8-11-24)43-36(45)23(3)49-33-15-14-29(39)20-31(33)41/h4,6-8,10-16,18-21,23,32H,1,5,9,17,22H2,2-3H3,(H,43,45)(H,44,46)/b42-21-/t23-,32+/m0/s1. The highest BCUT2D eigenvalue weighted by atomic mass is 35.5. The van der Waals surface area contributed by atoms with Crippen LogP contribution in [-0.4, -0.2) is 36.8 Å². The van der Waals surface area contributed by atoms with Crippen LogP contribution in [-0.2, 0) is 29.0 Å². The largest absolute Gasteiger partial charge is 0.490 e. The third-order valence-electron chi connectivity index (χ3n) is 7.08. The van der Waals surface area contributed by atoms with Crippen molar-refractivity contribution in [1.29, 1.82) is 0 Å². The summed E-state index contributed by atoms with van der Waals surface area (Å²) in [6.45, 7) is 7.87. The van der Waals surface area contributed by atoms with Crippen molar-refractivity contribution in [2.75, 3.05) is 6.61 Å². The first-order valence-corrected chi connectivity index (χ1v) is 16.8. The number of carbonyl (C=O) groups is 2. The number of halogens is 4. The summed E-state index contributed by atoms with van der Waals surface area (Å²) in [4.78, 5) is 26.6. The number of benzene rings is 4. The van der Waals surface area contributed by atoms with E-state index in [1.54, 1.807) is 49.4 Å². The summed E-state index contributed by atoms with van der Waals surface area (Å²) in [7, 11) is 0. The van der Waals surface area contributed by atoms with Gasteiger partial charge in [-0.3, -0.25) is 9.59 Å². The van der Waals surface area contributed by atoms with E-state index in [-0.39, 0.29) is 23.8 Å². The van der Waals surface area contributed by atoms with Crippen molar-refractivity contribution in [2.45, 2.75) is 45.4 Å². The van der Waals surface area contributed by atoms with E-state index in [0.717, 1.165) is 16.7 Å². The molecule has 2 amide bonds. The fourth-order valence-corrected chi connectivity index (χ4v) is 5.61. The molecule has 49 heavy (non-hydrogen) atoms. The Morgan fingerprint density at radius 1 is 0.857 bits per heavy atom. The van der Waals surface area contributed by atoms with Crippen LogP contribution in [0.2, 0.25) is 20.1 Å². The second-order valence-electron chi connectivity index (χ2n) is 10.8. The Bertz CT molecular complexity index is 1800. The van der Waals surface area contributed by atoms with Crippen LogP contribution in [0.1, 0.15) is 36.1 Å². The molecule has 4 rings (SSSR count). The van der Waals surface area contributed by atoms with Gasteiger partial charge in [0.15, 0.2) is 17.6 Å². The van der Waals surface area contributed by atoms with Crippen molar-refractivity contribution in [3.8, 4) is 17.2 Å². The summed E-state index contributed by atoms with van der Waals surface area (Å²) >= 11 is 24.6. The average molecular weight is 744 g/mol. The second-order valence-corrected chi connectivity index (χ2v) is 12.5. The number of rotatable bonds is 16. The third kappa shape index (κ3) is 11.2. The normalized spacial score (nSPS) is 12.2. The summed E-state index contributed by atoms with van der Waals surface area (Å²) in [5, 5.41) is 8.69. The molecule has 0 aromatic heterocycles. The van der Waals surface area contributed by atoms with Gasteiger partial charge in [0.05, 0.1) is 17.8 Å². The van der Waals surface area contributed by atoms with Crippen LogP contribution < -0.4 is 25.0 Å². The van der Waals surface area contributed by atoms with E-state index in [4.69, 9.17) is 60.6 Å². The van der Waals surface area contributed by atoms with Crippen molar-refractivity contribution >= 4 is 64.4 Å². The van der Waals surface area contributed by atoms with Gasteiger partial charge in [0.2, 0.25) is 0 Å². The summed E-state index contributed by atoms with van der Waals surface area (Å²) in [6.07, 6.45) is 2.96. The minimum Gasteiger partial charge on any atom is -0.490 e. The molecule has 2 N–H and O–H groups in total. The fourth-order valence-electron chi connectivity index (χ4n) is 4.69. The van der Waals surface area contributed by atoms with E-state index in [1.165, 1.54) is 12.3 Å². The van der Waals surface area contributed by atoms with Crippen LogP contribution in [0.25, 0.3) is 0 Å². The number of nitrogens with zero attached hydrogens (tertiary/aromatic N) is 1. The number of hydrazone groups is 1. The molecular formula is C37H35Cl4N3O5. The highest BCUT2D eigenvalue weighted by molar-refractivity contribution is 6.35. The zero-order chi connectivity index (χ0) is 35.3. The number of hydrogen-bond donors (Lipinski definition) is 2. The van der Waals surface area contributed by atoms with E-state index < -0.39 is 24.0 Å². The Hall–Kier alpha value is -4.21. The van der Waals surface area contributed by atoms with Crippen molar-refractivity contribution in [2.24, 2.45) is 5.10 Å². The summed E-state index contributed by atoms with van der Waals surface area (Å²) < 4.78 is 17.9. The van der Waals surface area contributed by atoms with Gasteiger partial charge in [-0.25, -0.2) is 5.43 Å². The molecule has 0 unspecified atom stereocenters. The molecular weight excluding hydrogens is 708 g/mol. The lowest BCUT2D eigenvalue weighted by molar-refractivity contribution is -0.132. The average Bonchev–Trinajstić information content (AvgIpc) is 3.06. The third-order valence-corrected chi connectivity index (χ3v) is 8.19. The number of carbonyl (C=O) groups excluding carboxylic acids is 2. The van der Waals surface area contributed by atoms with Crippen LogP contribution in [0.3, 0.4) is 0 Å². The molecule has 0 heterocycles. The van der Waals surface area contributed by atoms with Crippen LogP contribution in [0.4, 0.5) is 0 Å². The SMILES string of the molecule is C=CCc1cc(/C=N\NC(=O)[C@@H](Cc2ccccc2)NC(=O)[C@H](C)Oc2ccc(Cl)cc2Cl)cc(OCC)c1OCc1ccc(Cl)cc1Cl. The molecule has 12 heteroatoms. The van der Waals surface area contributed by atoms with Gasteiger partial charge in [-0.2, -0.15) is 5.10 Å². The van der Waals surface area contributed by atoms with Crippen LogP contribution in [0, 0.1) is 0 Å².